The van der Waals surface area contributed by atoms with Gasteiger partial charge in [-0.3, -0.25) is 4.79 Å². The molecule has 0 aromatic carbocycles. The summed E-state index contributed by atoms with van der Waals surface area (Å²) in [7, 11) is 0. The zero-order valence-corrected chi connectivity index (χ0v) is 12.8. The second-order valence-corrected chi connectivity index (χ2v) is 6.18. The number of nitrogens with zero attached hydrogens (tertiary/aromatic N) is 1. The molecule has 0 spiro atoms. The van der Waals surface area contributed by atoms with Crippen molar-refractivity contribution in [3.8, 4) is 0 Å². The van der Waals surface area contributed by atoms with Crippen LogP contribution in [0.1, 0.15) is 40.5 Å². The van der Waals surface area contributed by atoms with Crippen LogP contribution in [-0.2, 0) is 14.3 Å². The van der Waals surface area contributed by atoms with Crippen LogP contribution in [0.15, 0.2) is 0 Å². The normalized spacial score (nSPS) is 20.6. The van der Waals surface area contributed by atoms with E-state index in [1.807, 2.05) is 20.8 Å². The lowest BCUT2D eigenvalue weighted by Crippen LogP contribution is -2.37. The molecule has 116 valence electrons. The quantitative estimate of drug-likeness (QED) is 0.792. The first kappa shape index (κ1) is 16.8. The fraction of sp³-hybridized carbons (Fsp3) is 0.857. The van der Waals surface area contributed by atoms with Crippen molar-refractivity contribution in [1.29, 1.82) is 0 Å². The lowest BCUT2D eigenvalue weighted by molar-refractivity contribution is -0.145. The molecule has 2 N–H and O–H groups in total. The highest BCUT2D eigenvalue weighted by Gasteiger charge is 2.31. The molecule has 0 bridgehead atoms. The average Bonchev–Trinajstić information content (AvgIpc) is 2.75. The highest BCUT2D eigenvalue weighted by atomic mass is 16.6. The molecule has 0 aliphatic carbocycles. The number of rotatable bonds is 4. The predicted molar refractivity (Wildman–Crippen MR) is 75.1 cm³/mol. The second-order valence-electron chi connectivity index (χ2n) is 6.18. The topological polar surface area (TPSA) is 81.9 Å². The zero-order chi connectivity index (χ0) is 15.3. The highest BCUT2D eigenvalue weighted by Crippen LogP contribution is 2.23. The summed E-state index contributed by atoms with van der Waals surface area (Å²) in [6, 6.07) is -0.612. The third-order valence-electron chi connectivity index (χ3n) is 3.11. The molecule has 2 unspecified atom stereocenters. The van der Waals surface area contributed by atoms with Crippen LogP contribution in [0, 0.1) is 5.92 Å². The van der Waals surface area contributed by atoms with Crippen molar-refractivity contribution in [3.05, 3.63) is 0 Å². The van der Waals surface area contributed by atoms with Gasteiger partial charge in [0, 0.05) is 13.1 Å². The molecular weight excluding hydrogens is 260 g/mol. The first-order chi connectivity index (χ1) is 9.23. The van der Waals surface area contributed by atoms with Crippen molar-refractivity contribution in [3.63, 3.8) is 0 Å². The molecule has 0 saturated carbocycles. The van der Waals surface area contributed by atoms with Crippen LogP contribution in [0.25, 0.3) is 0 Å². The molecule has 1 amide bonds. The van der Waals surface area contributed by atoms with E-state index in [1.165, 1.54) is 0 Å². The van der Waals surface area contributed by atoms with Crippen LogP contribution >= 0.6 is 0 Å². The van der Waals surface area contributed by atoms with E-state index in [4.69, 9.17) is 15.2 Å². The Morgan fingerprint density at radius 1 is 1.40 bits per heavy atom. The van der Waals surface area contributed by atoms with Gasteiger partial charge in [0.05, 0.1) is 6.61 Å². The molecule has 1 heterocycles. The van der Waals surface area contributed by atoms with Crippen LogP contribution in [0.5, 0.6) is 0 Å². The van der Waals surface area contributed by atoms with Crippen LogP contribution in [0.2, 0.25) is 0 Å². The van der Waals surface area contributed by atoms with Gasteiger partial charge in [-0.15, -0.1) is 0 Å². The lowest BCUT2D eigenvalue weighted by atomic mass is 10.00. The zero-order valence-electron chi connectivity index (χ0n) is 12.8. The van der Waals surface area contributed by atoms with Gasteiger partial charge in [-0.1, -0.05) is 0 Å². The first-order valence-corrected chi connectivity index (χ1v) is 7.13. The third kappa shape index (κ3) is 5.36. The summed E-state index contributed by atoms with van der Waals surface area (Å²) in [4.78, 5) is 25.1. The van der Waals surface area contributed by atoms with Gasteiger partial charge in [-0.05, 0) is 46.5 Å². The summed E-state index contributed by atoms with van der Waals surface area (Å²) in [5.41, 5.74) is 5.31. The minimum atomic E-state index is -0.612. The minimum absolute atomic E-state index is 0.224. The van der Waals surface area contributed by atoms with Gasteiger partial charge in [0.25, 0.3) is 0 Å². The van der Waals surface area contributed by atoms with Crippen LogP contribution < -0.4 is 5.73 Å². The van der Waals surface area contributed by atoms with E-state index in [0.29, 0.717) is 26.1 Å². The van der Waals surface area contributed by atoms with Crippen molar-refractivity contribution in [1.82, 2.24) is 4.90 Å². The maximum Gasteiger partial charge on any atom is 0.410 e. The Labute approximate surface area is 120 Å². The summed E-state index contributed by atoms with van der Waals surface area (Å²) in [5, 5.41) is 0. The Morgan fingerprint density at radius 2 is 2.05 bits per heavy atom. The van der Waals surface area contributed by atoms with Crippen molar-refractivity contribution >= 4 is 12.1 Å². The molecule has 6 heteroatoms. The van der Waals surface area contributed by atoms with E-state index in [2.05, 4.69) is 0 Å². The van der Waals surface area contributed by atoms with E-state index in [9.17, 15) is 9.59 Å². The maximum absolute atomic E-state index is 11.9. The predicted octanol–water partition coefficient (Wildman–Crippen LogP) is 1.52. The maximum atomic E-state index is 11.9. The SMILES string of the molecule is CCOC(=O)C(N)CC1CCN(C(=O)OC(C)(C)C)C1. The molecular formula is C14H26N2O4. The molecule has 0 radical (unpaired) electrons. The molecule has 1 aliphatic rings. The van der Waals surface area contributed by atoms with E-state index < -0.39 is 11.6 Å². The van der Waals surface area contributed by atoms with E-state index in [1.54, 1.807) is 11.8 Å². The number of esters is 1. The number of ether oxygens (including phenoxy) is 2. The fourth-order valence-electron chi connectivity index (χ4n) is 2.22. The van der Waals surface area contributed by atoms with Gasteiger partial charge in [-0.25, -0.2) is 4.79 Å². The third-order valence-corrected chi connectivity index (χ3v) is 3.11. The van der Waals surface area contributed by atoms with E-state index in [-0.39, 0.29) is 18.0 Å². The van der Waals surface area contributed by atoms with Crippen molar-refractivity contribution in [2.45, 2.75) is 52.2 Å². The molecule has 1 saturated heterocycles. The number of nitrogens with two attached hydrogens (primary N) is 1. The number of carbonyl (C=O) groups excluding carboxylic acids is 2. The Bertz CT molecular complexity index is 352. The molecule has 1 fully saturated rings. The van der Waals surface area contributed by atoms with Gasteiger partial charge in [-0.2, -0.15) is 0 Å². The molecule has 0 aromatic heterocycles. The summed E-state index contributed by atoms with van der Waals surface area (Å²) in [6.07, 6.45) is 1.08. The molecule has 0 aromatic rings. The lowest BCUT2D eigenvalue weighted by Gasteiger charge is -2.24. The standard InChI is InChI=1S/C14H26N2O4/c1-5-19-12(17)11(15)8-10-6-7-16(9-10)13(18)20-14(2,3)4/h10-11H,5-9,15H2,1-4H3. The summed E-state index contributed by atoms with van der Waals surface area (Å²) in [5.74, 6) is -0.148. The van der Waals surface area contributed by atoms with Gasteiger partial charge in [0.15, 0.2) is 0 Å². The van der Waals surface area contributed by atoms with E-state index in [0.717, 1.165) is 6.42 Å². The summed E-state index contributed by atoms with van der Waals surface area (Å²) < 4.78 is 10.2. The molecule has 1 rings (SSSR count). The fourth-order valence-corrected chi connectivity index (χ4v) is 2.22. The molecule has 20 heavy (non-hydrogen) atoms. The van der Waals surface area contributed by atoms with Crippen molar-refractivity contribution < 1.29 is 19.1 Å². The molecule has 2 atom stereocenters. The van der Waals surface area contributed by atoms with E-state index >= 15 is 0 Å². The average molecular weight is 286 g/mol. The number of carbonyl (C=O) groups is 2. The van der Waals surface area contributed by atoms with Crippen LogP contribution in [0.3, 0.4) is 0 Å². The number of hydrogen-bond donors (Lipinski definition) is 1. The summed E-state index contributed by atoms with van der Waals surface area (Å²) >= 11 is 0. The van der Waals surface area contributed by atoms with Gasteiger partial charge in [0.1, 0.15) is 11.6 Å². The first-order valence-electron chi connectivity index (χ1n) is 7.13. The second kappa shape index (κ2) is 6.92. The smallest absolute Gasteiger partial charge is 0.410 e. The molecule has 6 nitrogen and oxygen atoms in total. The Hall–Kier alpha value is -1.30. The van der Waals surface area contributed by atoms with Crippen LogP contribution in [0.4, 0.5) is 4.79 Å². The highest BCUT2D eigenvalue weighted by molar-refractivity contribution is 5.75. The van der Waals surface area contributed by atoms with Crippen molar-refractivity contribution in [2.24, 2.45) is 11.7 Å². The Balaban J connectivity index is 2.40. The minimum Gasteiger partial charge on any atom is -0.465 e. The number of likely N-dealkylation sites (tertiary alicyclic amines) is 1. The summed E-state index contributed by atoms with van der Waals surface area (Å²) in [6.45, 7) is 8.85. The van der Waals surface area contributed by atoms with Crippen LogP contribution in [-0.4, -0.2) is 48.3 Å². The number of amides is 1. The van der Waals surface area contributed by atoms with Gasteiger partial charge < -0.3 is 20.1 Å². The Kier molecular flexibility index (Phi) is 5.80. The van der Waals surface area contributed by atoms with Gasteiger partial charge >= 0.3 is 12.1 Å². The monoisotopic (exact) mass is 286 g/mol. The number of hydrogen-bond acceptors (Lipinski definition) is 5. The largest absolute Gasteiger partial charge is 0.465 e. The van der Waals surface area contributed by atoms with Gasteiger partial charge in [0.2, 0.25) is 0 Å². The van der Waals surface area contributed by atoms with Crippen molar-refractivity contribution in [2.75, 3.05) is 19.7 Å². The molecule has 1 aliphatic heterocycles. The Morgan fingerprint density at radius 3 is 2.60 bits per heavy atom.